The van der Waals surface area contributed by atoms with Crippen LogP contribution in [0.2, 0.25) is 0 Å². The first-order valence-electron chi connectivity index (χ1n) is 7.21. The number of carbonyl (C=O) groups is 1. The summed E-state index contributed by atoms with van der Waals surface area (Å²) in [6.45, 7) is 4.56. The van der Waals surface area contributed by atoms with Gasteiger partial charge in [0.05, 0.1) is 4.92 Å². The lowest BCUT2D eigenvalue weighted by Crippen LogP contribution is -2.38. The van der Waals surface area contributed by atoms with Crippen molar-refractivity contribution >= 4 is 17.3 Å². The molecular formula is C15H21N3O3. The van der Waals surface area contributed by atoms with Crippen molar-refractivity contribution in [3.63, 3.8) is 0 Å². The van der Waals surface area contributed by atoms with Crippen LogP contribution in [0.5, 0.6) is 0 Å². The summed E-state index contributed by atoms with van der Waals surface area (Å²) in [7, 11) is 1.72. The molecule has 1 aliphatic carbocycles. The largest absolute Gasteiger partial charge is 0.388 e. The van der Waals surface area contributed by atoms with Gasteiger partial charge in [0.25, 0.3) is 11.6 Å². The number of carbonyl (C=O) groups excluding carboxylic acids is 1. The van der Waals surface area contributed by atoms with E-state index in [4.69, 9.17) is 0 Å². The molecule has 0 aromatic heterocycles. The number of nitrogens with zero attached hydrogens (tertiary/aromatic N) is 2. The Kier molecular flexibility index (Phi) is 4.45. The van der Waals surface area contributed by atoms with Gasteiger partial charge in [0.15, 0.2) is 0 Å². The summed E-state index contributed by atoms with van der Waals surface area (Å²) in [4.78, 5) is 25.1. The first-order chi connectivity index (χ1) is 9.93. The molecule has 6 nitrogen and oxygen atoms in total. The van der Waals surface area contributed by atoms with E-state index in [2.05, 4.69) is 5.32 Å². The van der Waals surface area contributed by atoms with Gasteiger partial charge in [-0.1, -0.05) is 0 Å². The minimum atomic E-state index is -0.498. The van der Waals surface area contributed by atoms with E-state index in [0.717, 1.165) is 12.8 Å². The normalized spacial score (nSPS) is 14.1. The quantitative estimate of drug-likeness (QED) is 0.646. The van der Waals surface area contributed by atoms with E-state index >= 15 is 0 Å². The van der Waals surface area contributed by atoms with Crippen molar-refractivity contribution in [3.8, 4) is 0 Å². The Morgan fingerprint density at radius 1 is 1.48 bits per heavy atom. The minimum absolute atomic E-state index is 0.0240. The van der Waals surface area contributed by atoms with Gasteiger partial charge in [-0.3, -0.25) is 14.9 Å². The summed E-state index contributed by atoms with van der Waals surface area (Å²) >= 11 is 0. The van der Waals surface area contributed by atoms with Crippen molar-refractivity contribution in [1.29, 1.82) is 0 Å². The molecule has 0 radical (unpaired) electrons. The topological polar surface area (TPSA) is 75.5 Å². The number of anilines is 1. The molecule has 21 heavy (non-hydrogen) atoms. The monoisotopic (exact) mass is 291 g/mol. The van der Waals surface area contributed by atoms with Gasteiger partial charge in [-0.2, -0.15) is 0 Å². The van der Waals surface area contributed by atoms with Gasteiger partial charge in [-0.05, 0) is 44.7 Å². The molecule has 114 valence electrons. The van der Waals surface area contributed by atoms with Gasteiger partial charge in [-0.15, -0.1) is 0 Å². The van der Waals surface area contributed by atoms with E-state index < -0.39 is 4.92 Å². The zero-order chi connectivity index (χ0) is 15.6. The van der Waals surface area contributed by atoms with Crippen LogP contribution in [0.1, 0.15) is 37.0 Å². The molecule has 1 aromatic carbocycles. The molecule has 0 bridgehead atoms. The zero-order valence-electron chi connectivity index (χ0n) is 12.6. The minimum Gasteiger partial charge on any atom is -0.388 e. The fourth-order valence-electron chi connectivity index (χ4n) is 2.28. The van der Waals surface area contributed by atoms with Crippen LogP contribution in [0.15, 0.2) is 18.2 Å². The van der Waals surface area contributed by atoms with Crippen molar-refractivity contribution in [2.24, 2.45) is 5.92 Å². The number of hydrogen-bond donors (Lipinski definition) is 1. The predicted octanol–water partition coefficient (Wildman–Crippen LogP) is 2.90. The Balaban J connectivity index is 2.36. The van der Waals surface area contributed by atoms with Crippen molar-refractivity contribution in [2.45, 2.75) is 32.7 Å². The first-order valence-corrected chi connectivity index (χ1v) is 7.21. The van der Waals surface area contributed by atoms with Gasteiger partial charge in [0.1, 0.15) is 5.56 Å². The Hall–Kier alpha value is -2.11. The molecule has 1 aliphatic rings. The average molecular weight is 291 g/mol. The lowest BCUT2D eigenvalue weighted by molar-refractivity contribution is -0.385. The zero-order valence-corrected chi connectivity index (χ0v) is 12.6. The fraction of sp³-hybridized carbons (Fsp3) is 0.533. The summed E-state index contributed by atoms with van der Waals surface area (Å²) in [5, 5.41) is 14.1. The van der Waals surface area contributed by atoms with Crippen molar-refractivity contribution < 1.29 is 9.72 Å². The smallest absolute Gasteiger partial charge is 0.282 e. The van der Waals surface area contributed by atoms with Crippen LogP contribution in [-0.2, 0) is 0 Å². The Bertz CT molecular complexity index is 553. The highest BCUT2D eigenvalue weighted by molar-refractivity contribution is 5.99. The molecule has 1 saturated carbocycles. The number of nitro benzene ring substituents is 1. The van der Waals surface area contributed by atoms with Gasteiger partial charge in [0.2, 0.25) is 0 Å². The summed E-state index contributed by atoms with van der Waals surface area (Å²) in [6.07, 6.45) is 2.27. The second kappa shape index (κ2) is 6.11. The van der Waals surface area contributed by atoms with Crippen LogP contribution in [0.4, 0.5) is 11.4 Å². The molecular weight excluding hydrogens is 270 g/mol. The van der Waals surface area contributed by atoms with Crippen molar-refractivity contribution in [1.82, 2.24) is 4.90 Å². The summed E-state index contributed by atoms with van der Waals surface area (Å²) in [5.74, 6) is 0.281. The number of rotatable bonds is 6. The van der Waals surface area contributed by atoms with Crippen LogP contribution in [0.25, 0.3) is 0 Å². The highest BCUT2D eigenvalue weighted by atomic mass is 16.6. The van der Waals surface area contributed by atoms with Gasteiger partial charge in [-0.25, -0.2) is 0 Å². The van der Waals surface area contributed by atoms with Crippen molar-refractivity contribution in [3.05, 3.63) is 33.9 Å². The molecule has 0 spiro atoms. The standard InChI is InChI=1S/C15H21N3O3/c1-10(2)17(9-11-4-5-11)15(19)13-8-12(16-3)6-7-14(13)18(20)21/h6-8,10-11,16H,4-5,9H2,1-3H3. The predicted molar refractivity (Wildman–Crippen MR) is 81.5 cm³/mol. The maximum atomic E-state index is 12.7. The van der Waals surface area contributed by atoms with E-state index in [1.807, 2.05) is 13.8 Å². The van der Waals surface area contributed by atoms with E-state index in [9.17, 15) is 14.9 Å². The Morgan fingerprint density at radius 2 is 2.14 bits per heavy atom. The van der Waals surface area contributed by atoms with Gasteiger partial charge < -0.3 is 10.2 Å². The molecule has 0 heterocycles. The third kappa shape index (κ3) is 3.51. The molecule has 1 N–H and O–H groups in total. The van der Waals surface area contributed by atoms with Crippen molar-refractivity contribution in [2.75, 3.05) is 18.9 Å². The molecule has 2 rings (SSSR count). The van der Waals surface area contributed by atoms with E-state index in [-0.39, 0.29) is 23.2 Å². The third-order valence-electron chi connectivity index (χ3n) is 3.75. The second-order valence-corrected chi connectivity index (χ2v) is 5.73. The van der Waals surface area contributed by atoms with Gasteiger partial charge >= 0.3 is 0 Å². The highest BCUT2D eigenvalue weighted by Crippen LogP contribution is 2.32. The third-order valence-corrected chi connectivity index (χ3v) is 3.75. The van der Waals surface area contributed by atoms with Crippen LogP contribution in [-0.4, -0.2) is 35.4 Å². The molecule has 1 amide bonds. The molecule has 0 saturated heterocycles. The summed E-state index contributed by atoms with van der Waals surface area (Å²) < 4.78 is 0. The molecule has 1 aromatic rings. The van der Waals surface area contributed by atoms with E-state index in [1.54, 1.807) is 24.1 Å². The fourth-order valence-corrected chi connectivity index (χ4v) is 2.28. The lowest BCUT2D eigenvalue weighted by Gasteiger charge is -2.27. The number of nitro groups is 1. The average Bonchev–Trinajstić information content (AvgIpc) is 3.27. The maximum absolute atomic E-state index is 12.7. The Labute approximate surface area is 124 Å². The maximum Gasteiger partial charge on any atom is 0.282 e. The number of benzene rings is 1. The molecule has 0 atom stereocenters. The van der Waals surface area contributed by atoms with Crippen LogP contribution >= 0.6 is 0 Å². The van der Waals surface area contributed by atoms with Crippen LogP contribution < -0.4 is 5.32 Å². The second-order valence-electron chi connectivity index (χ2n) is 5.73. The Morgan fingerprint density at radius 3 is 2.62 bits per heavy atom. The lowest BCUT2D eigenvalue weighted by atomic mass is 10.1. The van der Waals surface area contributed by atoms with Crippen LogP contribution in [0, 0.1) is 16.0 Å². The van der Waals surface area contributed by atoms with E-state index in [0.29, 0.717) is 18.2 Å². The number of amides is 1. The number of hydrogen-bond acceptors (Lipinski definition) is 4. The van der Waals surface area contributed by atoms with Gasteiger partial charge in [0, 0.05) is 31.4 Å². The molecule has 0 aliphatic heterocycles. The van der Waals surface area contributed by atoms with Crippen LogP contribution in [0.3, 0.4) is 0 Å². The van der Waals surface area contributed by atoms with E-state index in [1.165, 1.54) is 6.07 Å². The summed E-state index contributed by atoms with van der Waals surface area (Å²) in [5.41, 5.74) is 0.709. The molecule has 0 unspecified atom stereocenters. The SMILES string of the molecule is CNc1ccc([N+](=O)[O-])c(C(=O)N(CC2CC2)C(C)C)c1. The highest BCUT2D eigenvalue weighted by Gasteiger charge is 2.31. The summed E-state index contributed by atoms with van der Waals surface area (Å²) in [6, 6.07) is 4.57. The first kappa shape index (κ1) is 15.3. The molecule has 1 fully saturated rings. The molecule has 6 heteroatoms. The number of nitrogens with one attached hydrogen (secondary N) is 1.